The highest BCUT2D eigenvalue weighted by Crippen LogP contribution is 2.28. The van der Waals surface area contributed by atoms with Gasteiger partial charge in [0.1, 0.15) is 0 Å². The number of nitrogens with zero attached hydrogens (tertiary/aromatic N) is 2. The summed E-state index contributed by atoms with van der Waals surface area (Å²) in [6.45, 7) is 11.3. The van der Waals surface area contributed by atoms with Gasteiger partial charge in [-0.3, -0.25) is 4.68 Å². The highest BCUT2D eigenvalue weighted by molar-refractivity contribution is 6.31. The molecule has 0 aliphatic carbocycles. The van der Waals surface area contributed by atoms with Gasteiger partial charge >= 0.3 is 0 Å². The Bertz CT molecular complexity index is 384. The lowest BCUT2D eigenvalue weighted by Gasteiger charge is -2.32. The number of rotatable bonds is 5. The van der Waals surface area contributed by atoms with Crippen molar-refractivity contribution in [3.63, 3.8) is 0 Å². The van der Waals surface area contributed by atoms with Crippen LogP contribution in [0.1, 0.15) is 45.5 Å². The molecular formula is C13H24ClN3. The van der Waals surface area contributed by atoms with Gasteiger partial charge in [-0.2, -0.15) is 5.10 Å². The summed E-state index contributed by atoms with van der Waals surface area (Å²) in [5, 5.41) is 5.21. The van der Waals surface area contributed by atoms with E-state index in [1.807, 2.05) is 11.6 Å². The van der Waals surface area contributed by atoms with Gasteiger partial charge in [0.25, 0.3) is 0 Å². The lowest BCUT2D eigenvalue weighted by Crippen LogP contribution is -2.47. The first-order valence-corrected chi connectivity index (χ1v) is 6.74. The van der Waals surface area contributed by atoms with Gasteiger partial charge in [0.15, 0.2) is 0 Å². The van der Waals surface area contributed by atoms with Crippen molar-refractivity contribution in [2.24, 2.45) is 11.7 Å². The van der Waals surface area contributed by atoms with E-state index in [2.05, 4.69) is 32.8 Å². The molecule has 2 N–H and O–H groups in total. The van der Waals surface area contributed by atoms with Crippen LogP contribution in [-0.4, -0.2) is 15.3 Å². The van der Waals surface area contributed by atoms with E-state index in [4.69, 9.17) is 17.3 Å². The first kappa shape index (κ1) is 14.5. The maximum Gasteiger partial charge on any atom is 0.0847 e. The van der Waals surface area contributed by atoms with Crippen molar-refractivity contribution in [1.82, 2.24) is 9.78 Å². The molecule has 0 radical (unpaired) electrons. The van der Waals surface area contributed by atoms with Gasteiger partial charge in [-0.25, -0.2) is 0 Å². The van der Waals surface area contributed by atoms with E-state index in [-0.39, 0.29) is 5.54 Å². The molecule has 0 bridgehead atoms. The zero-order valence-electron chi connectivity index (χ0n) is 11.5. The third-order valence-electron chi connectivity index (χ3n) is 3.76. The highest BCUT2D eigenvalue weighted by Gasteiger charge is 2.30. The third-order valence-corrected chi connectivity index (χ3v) is 4.25. The van der Waals surface area contributed by atoms with E-state index < -0.39 is 0 Å². The lowest BCUT2D eigenvalue weighted by molar-refractivity contribution is 0.289. The molecule has 1 aromatic rings. The number of hydrogen-bond acceptors (Lipinski definition) is 2. The molecule has 1 unspecified atom stereocenters. The summed E-state index contributed by atoms with van der Waals surface area (Å²) in [7, 11) is 0. The van der Waals surface area contributed by atoms with Gasteiger partial charge in [0.2, 0.25) is 0 Å². The quantitative estimate of drug-likeness (QED) is 0.881. The van der Waals surface area contributed by atoms with Crippen molar-refractivity contribution in [2.45, 2.75) is 59.5 Å². The molecule has 0 saturated heterocycles. The Morgan fingerprint density at radius 2 is 2.00 bits per heavy atom. The van der Waals surface area contributed by atoms with Gasteiger partial charge in [-0.1, -0.05) is 32.4 Å². The Labute approximate surface area is 109 Å². The van der Waals surface area contributed by atoms with Crippen molar-refractivity contribution >= 4 is 11.6 Å². The summed E-state index contributed by atoms with van der Waals surface area (Å²) < 4.78 is 1.97. The first-order valence-electron chi connectivity index (χ1n) is 6.36. The molecule has 4 heteroatoms. The van der Waals surface area contributed by atoms with Crippen LogP contribution in [0.2, 0.25) is 5.02 Å². The molecule has 0 aliphatic heterocycles. The Kier molecular flexibility index (Phi) is 4.62. The van der Waals surface area contributed by atoms with Crippen LogP contribution < -0.4 is 5.73 Å². The average molecular weight is 258 g/mol. The largest absolute Gasteiger partial charge is 0.325 e. The molecule has 0 aliphatic rings. The van der Waals surface area contributed by atoms with Crippen LogP contribution in [-0.2, 0) is 13.0 Å². The molecule has 98 valence electrons. The molecule has 1 heterocycles. The molecular weight excluding hydrogens is 234 g/mol. The zero-order valence-corrected chi connectivity index (χ0v) is 12.3. The molecule has 3 nitrogen and oxygen atoms in total. The van der Waals surface area contributed by atoms with Crippen molar-refractivity contribution < 1.29 is 0 Å². The molecule has 1 rings (SSSR count). The Morgan fingerprint density at radius 1 is 1.41 bits per heavy atom. The Hall–Kier alpha value is -0.540. The second-order valence-corrected chi connectivity index (χ2v) is 5.46. The minimum absolute atomic E-state index is 0.205. The maximum absolute atomic E-state index is 6.47. The van der Waals surface area contributed by atoms with E-state index in [9.17, 15) is 0 Å². The Balaban J connectivity index is 3.09. The standard InChI is InChI=1S/C13H24ClN3/c1-6-13(15,9(3)4)8-11-12(14)10(5)16-17(11)7-2/h9H,6-8,15H2,1-5H3. The molecule has 1 aromatic heterocycles. The zero-order chi connectivity index (χ0) is 13.2. The smallest absolute Gasteiger partial charge is 0.0847 e. The van der Waals surface area contributed by atoms with E-state index in [0.717, 1.165) is 35.8 Å². The monoisotopic (exact) mass is 257 g/mol. The Morgan fingerprint density at radius 3 is 2.41 bits per heavy atom. The summed E-state index contributed by atoms with van der Waals surface area (Å²) in [4.78, 5) is 0. The molecule has 17 heavy (non-hydrogen) atoms. The summed E-state index contributed by atoms with van der Waals surface area (Å²) in [5.41, 5.74) is 8.24. The number of nitrogens with two attached hydrogens (primary N) is 1. The van der Waals surface area contributed by atoms with Crippen LogP contribution in [0.3, 0.4) is 0 Å². The number of halogens is 1. The number of aryl methyl sites for hydroxylation is 2. The minimum Gasteiger partial charge on any atom is -0.325 e. The van der Waals surface area contributed by atoms with Crippen molar-refractivity contribution in [3.05, 3.63) is 16.4 Å². The van der Waals surface area contributed by atoms with Crippen molar-refractivity contribution in [2.75, 3.05) is 0 Å². The second-order valence-electron chi connectivity index (χ2n) is 5.08. The number of aromatic nitrogens is 2. The molecule has 0 spiro atoms. The van der Waals surface area contributed by atoms with E-state index in [1.165, 1.54) is 0 Å². The van der Waals surface area contributed by atoms with Crippen LogP contribution >= 0.6 is 11.6 Å². The molecule has 0 aromatic carbocycles. The molecule has 0 fully saturated rings. The number of hydrogen-bond donors (Lipinski definition) is 1. The van der Waals surface area contributed by atoms with Gasteiger partial charge in [-0.05, 0) is 26.2 Å². The normalized spacial score (nSPS) is 15.3. The van der Waals surface area contributed by atoms with Crippen molar-refractivity contribution in [3.8, 4) is 0 Å². The fourth-order valence-corrected chi connectivity index (χ4v) is 2.29. The van der Waals surface area contributed by atoms with Crippen molar-refractivity contribution in [1.29, 1.82) is 0 Å². The topological polar surface area (TPSA) is 43.8 Å². The summed E-state index contributed by atoms with van der Waals surface area (Å²) in [6.07, 6.45) is 1.73. The van der Waals surface area contributed by atoms with Gasteiger partial charge < -0.3 is 5.73 Å². The molecule has 0 amide bonds. The highest BCUT2D eigenvalue weighted by atomic mass is 35.5. The van der Waals surface area contributed by atoms with E-state index in [0.29, 0.717) is 5.92 Å². The fraction of sp³-hybridized carbons (Fsp3) is 0.769. The van der Waals surface area contributed by atoms with Crippen LogP contribution in [0.15, 0.2) is 0 Å². The SMILES string of the molecule is CCn1nc(C)c(Cl)c1CC(N)(CC)C(C)C. The second kappa shape index (κ2) is 5.40. The molecule has 1 atom stereocenters. The van der Waals surface area contributed by atoms with Gasteiger partial charge in [-0.15, -0.1) is 0 Å². The third kappa shape index (κ3) is 2.83. The van der Waals surface area contributed by atoms with E-state index >= 15 is 0 Å². The average Bonchev–Trinajstić information content (AvgIpc) is 2.56. The maximum atomic E-state index is 6.47. The first-order chi connectivity index (χ1) is 7.85. The van der Waals surface area contributed by atoms with Crippen LogP contribution in [0, 0.1) is 12.8 Å². The van der Waals surface area contributed by atoms with Gasteiger partial charge in [0, 0.05) is 18.5 Å². The summed E-state index contributed by atoms with van der Waals surface area (Å²) in [6, 6.07) is 0. The predicted molar refractivity (Wildman–Crippen MR) is 73.4 cm³/mol. The van der Waals surface area contributed by atoms with Crippen LogP contribution in [0.4, 0.5) is 0 Å². The predicted octanol–water partition coefficient (Wildman–Crippen LogP) is 3.17. The fourth-order valence-electron chi connectivity index (χ4n) is 2.09. The van der Waals surface area contributed by atoms with Gasteiger partial charge in [0.05, 0.1) is 16.4 Å². The minimum atomic E-state index is -0.205. The summed E-state index contributed by atoms with van der Waals surface area (Å²) >= 11 is 6.32. The summed E-state index contributed by atoms with van der Waals surface area (Å²) in [5.74, 6) is 0.420. The van der Waals surface area contributed by atoms with Crippen LogP contribution in [0.5, 0.6) is 0 Å². The lowest BCUT2D eigenvalue weighted by atomic mass is 9.81. The molecule has 0 saturated carbocycles. The van der Waals surface area contributed by atoms with Crippen LogP contribution in [0.25, 0.3) is 0 Å². The van der Waals surface area contributed by atoms with E-state index in [1.54, 1.807) is 0 Å².